The van der Waals surface area contributed by atoms with E-state index in [9.17, 15) is 4.79 Å². The molecular weight excluding hydrogens is 252 g/mol. The minimum absolute atomic E-state index is 0.348. The minimum Gasteiger partial charge on any atom is -0.445 e. The normalized spacial score (nSPS) is 19.4. The van der Waals surface area contributed by atoms with Crippen molar-refractivity contribution in [3.63, 3.8) is 0 Å². The van der Waals surface area contributed by atoms with Crippen molar-refractivity contribution in [3.05, 3.63) is 23.9 Å². The molecule has 4 nitrogen and oxygen atoms in total. The Balaban J connectivity index is 1.64. The monoisotopic (exact) mass is 270 g/mol. The Morgan fingerprint density at radius 3 is 2.70 bits per heavy atom. The lowest BCUT2D eigenvalue weighted by Crippen LogP contribution is -2.20. The third kappa shape index (κ3) is 2.77. The summed E-state index contributed by atoms with van der Waals surface area (Å²) in [6.45, 7) is 2.08. The number of ether oxygens (including phenoxy) is 1. The molecule has 1 aromatic rings. The van der Waals surface area contributed by atoms with Crippen LogP contribution in [-0.4, -0.2) is 30.1 Å². The van der Waals surface area contributed by atoms with Gasteiger partial charge in [0.15, 0.2) is 6.10 Å². The quantitative estimate of drug-likeness (QED) is 0.621. The van der Waals surface area contributed by atoms with E-state index in [1.807, 2.05) is 6.07 Å². The summed E-state index contributed by atoms with van der Waals surface area (Å²) in [5.41, 5.74) is 0.467. The van der Waals surface area contributed by atoms with Gasteiger partial charge < -0.3 is 9.64 Å². The van der Waals surface area contributed by atoms with Gasteiger partial charge in [0.1, 0.15) is 5.82 Å². The van der Waals surface area contributed by atoms with Crippen molar-refractivity contribution < 1.29 is 9.53 Å². The molecule has 1 aromatic heterocycles. The lowest BCUT2D eigenvalue weighted by molar-refractivity contribution is 0.0374. The van der Waals surface area contributed by atoms with Gasteiger partial charge in [-0.05, 0) is 37.8 Å². The Kier molecular flexibility index (Phi) is 3.60. The van der Waals surface area contributed by atoms with Gasteiger partial charge in [-0.25, -0.2) is 9.78 Å². The largest absolute Gasteiger partial charge is 0.445 e. The fourth-order valence-corrected chi connectivity index (χ4v) is 2.49. The molecule has 0 amide bonds. The van der Waals surface area contributed by atoms with Gasteiger partial charge in [-0.3, -0.25) is 0 Å². The molecule has 0 N–H and O–H groups in total. The average molecular weight is 270 g/mol. The Hall–Kier alpha value is -2.02. The summed E-state index contributed by atoms with van der Waals surface area (Å²) in [7, 11) is 0. The molecule has 1 aliphatic heterocycles. The van der Waals surface area contributed by atoms with E-state index in [2.05, 4.69) is 15.8 Å². The van der Waals surface area contributed by atoms with Crippen molar-refractivity contribution in [2.75, 3.05) is 18.0 Å². The Labute approximate surface area is 119 Å². The van der Waals surface area contributed by atoms with Gasteiger partial charge in [0, 0.05) is 25.2 Å². The number of anilines is 1. The van der Waals surface area contributed by atoms with E-state index in [1.165, 1.54) is 12.8 Å². The molecule has 0 unspecified atom stereocenters. The average Bonchev–Trinajstić information content (AvgIpc) is 3.18. The summed E-state index contributed by atoms with van der Waals surface area (Å²) in [4.78, 5) is 18.6. The first-order valence-corrected chi connectivity index (χ1v) is 7.16. The van der Waals surface area contributed by atoms with Crippen LogP contribution >= 0.6 is 0 Å². The minimum atomic E-state index is -0.388. The van der Waals surface area contributed by atoms with E-state index in [4.69, 9.17) is 11.2 Å². The van der Waals surface area contributed by atoms with Crippen LogP contribution < -0.4 is 4.90 Å². The van der Waals surface area contributed by atoms with Gasteiger partial charge in [0.05, 0.1) is 5.56 Å². The Morgan fingerprint density at radius 2 is 2.15 bits per heavy atom. The molecule has 20 heavy (non-hydrogen) atoms. The highest BCUT2D eigenvalue weighted by molar-refractivity contribution is 5.89. The molecule has 3 rings (SSSR count). The van der Waals surface area contributed by atoms with E-state index in [0.29, 0.717) is 11.5 Å². The van der Waals surface area contributed by atoms with Crippen LogP contribution in [0.3, 0.4) is 0 Å². The highest BCUT2D eigenvalue weighted by Crippen LogP contribution is 2.34. The number of esters is 1. The molecule has 1 saturated heterocycles. The molecule has 2 fully saturated rings. The molecule has 0 spiro atoms. The molecule has 0 bridgehead atoms. The van der Waals surface area contributed by atoms with Crippen molar-refractivity contribution in [2.45, 2.75) is 31.8 Å². The van der Waals surface area contributed by atoms with Gasteiger partial charge in [0.2, 0.25) is 0 Å². The standard InChI is InChI=1S/C16H18N2O2/c1-2-14(12-5-6-12)20-16(19)13-7-8-15(17-11-13)18-9-3-4-10-18/h1,7-8,11-12,14H,3-6,9-10H2/t14-/m1/s1. The number of nitrogens with zero attached hydrogens (tertiary/aromatic N) is 2. The van der Waals surface area contributed by atoms with Gasteiger partial charge >= 0.3 is 5.97 Å². The second kappa shape index (κ2) is 5.54. The highest BCUT2D eigenvalue weighted by Gasteiger charge is 2.33. The van der Waals surface area contributed by atoms with Crippen LogP contribution in [-0.2, 0) is 4.74 Å². The predicted molar refractivity (Wildman–Crippen MR) is 76.4 cm³/mol. The first kappa shape index (κ1) is 13.0. The lowest BCUT2D eigenvalue weighted by atomic mass is 10.2. The molecule has 104 valence electrons. The summed E-state index contributed by atoms with van der Waals surface area (Å²) in [6, 6.07) is 3.65. The van der Waals surface area contributed by atoms with Crippen LogP contribution in [0.4, 0.5) is 5.82 Å². The van der Waals surface area contributed by atoms with Crippen LogP contribution in [0.25, 0.3) is 0 Å². The van der Waals surface area contributed by atoms with Crippen molar-refractivity contribution >= 4 is 11.8 Å². The van der Waals surface area contributed by atoms with E-state index in [0.717, 1.165) is 31.7 Å². The number of terminal acetylenes is 1. The molecule has 1 atom stereocenters. The highest BCUT2D eigenvalue weighted by atomic mass is 16.5. The topological polar surface area (TPSA) is 42.4 Å². The first-order chi connectivity index (χ1) is 9.78. The number of aromatic nitrogens is 1. The number of carbonyl (C=O) groups is 1. The molecule has 0 aromatic carbocycles. The maximum absolute atomic E-state index is 12.0. The van der Waals surface area contributed by atoms with Gasteiger partial charge in [-0.2, -0.15) is 0 Å². The number of hydrogen-bond acceptors (Lipinski definition) is 4. The van der Waals surface area contributed by atoms with Crippen LogP contribution in [0, 0.1) is 18.3 Å². The lowest BCUT2D eigenvalue weighted by Gasteiger charge is -2.16. The zero-order chi connectivity index (χ0) is 13.9. The summed E-state index contributed by atoms with van der Waals surface area (Å²) >= 11 is 0. The molecule has 0 radical (unpaired) electrons. The van der Waals surface area contributed by atoms with E-state index in [1.54, 1.807) is 12.3 Å². The Bertz CT molecular complexity index is 522. The third-order valence-electron chi connectivity index (χ3n) is 3.86. The van der Waals surface area contributed by atoms with Gasteiger partial charge in [0.25, 0.3) is 0 Å². The second-order valence-corrected chi connectivity index (χ2v) is 5.43. The van der Waals surface area contributed by atoms with Crippen molar-refractivity contribution in [1.82, 2.24) is 4.98 Å². The van der Waals surface area contributed by atoms with Crippen LogP contribution in [0.5, 0.6) is 0 Å². The van der Waals surface area contributed by atoms with Crippen LogP contribution in [0.2, 0.25) is 0 Å². The van der Waals surface area contributed by atoms with Crippen molar-refractivity contribution in [3.8, 4) is 12.3 Å². The summed E-state index contributed by atoms with van der Waals surface area (Å²) in [5, 5.41) is 0. The number of carbonyl (C=O) groups excluding carboxylic acids is 1. The maximum atomic E-state index is 12.0. The molecular formula is C16H18N2O2. The molecule has 1 aliphatic carbocycles. The van der Waals surface area contributed by atoms with E-state index >= 15 is 0 Å². The molecule has 2 aliphatic rings. The van der Waals surface area contributed by atoms with Crippen LogP contribution in [0.15, 0.2) is 18.3 Å². The summed E-state index contributed by atoms with van der Waals surface area (Å²) in [6.07, 6.45) is 11.1. The fourth-order valence-electron chi connectivity index (χ4n) is 2.49. The number of hydrogen-bond donors (Lipinski definition) is 0. The SMILES string of the molecule is C#C[C@@H](OC(=O)c1ccc(N2CCCC2)nc1)C1CC1. The number of rotatable bonds is 4. The smallest absolute Gasteiger partial charge is 0.340 e. The molecule has 1 saturated carbocycles. The molecule has 4 heteroatoms. The third-order valence-corrected chi connectivity index (χ3v) is 3.86. The zero-order valence-corrected chi connectivity index (χ0v) is 11.4. The van der Waals surface area contributed by atoms with Crippen molar-refractivity contribution in [1.29, 1.82) is 0 Å². The van der Waals surface area contributed by atoms with E-state index in [-0.39, 0.29) is 12.1 Å². The predicted octanol–water partition coefficient (Wildman–Crippen LogP) is 2.25. The maximum Gasteiger partial charge on any atom is 0.340 e. The summed E-state index contributed by atoms with van der Waals surface area (Å²) < 4.78 is 5.35. The zero-order valence-electron chi connectivity index (χ0n) is 11.4. The summed E-state index contributed by atoms with van der Waals surface area (Å²) in [5.74, 6) is 3.45. The second-order valence-electron chi connectivity index (χ2n) is 5.43. The Morgan fingerprint density at radius 1 is 1.40 bits per heavy atom. The van der Waals surface area contributed by atoms with Gasteiger partial charge in [-0.15, -0.1) is 6.42 Å². The first-order valence-electron chi connectivity index (χ1n) is 7.16. The fraction of sp³-hybridized carbons (Fsp3) is 0.500. The molecule has 2 heterocycles. The van der Waals surface area contributed by atoms with E-state index < -0.39 is 0 Å². The van der Waals surface area contributed by atoms with Crippen molar-refractivity contribution in [2.24, 2.45) is 5.92 Å². The number of pyridine rings is 1. The van der Waals surface area contributed by atoms with Crippen LogP contribution in [0.1, 0.15) is 36.0 Å². The van der Waals surface area contributed by atoms with Gasteiger partial charge in [-0.1, -0.05) is 5.92 Å².